The van der Waals surface area contributed by atoms with Gasteiger partial charge in [0.25, 0.3) is 0 Å². The monoisotopic (exact) mass is 334 g/mol. The molecule has 0 aromatic heterocycles. The minimum atomic E-state index is -4.50. The highest BCUT2D eigenvalue weighted by atomic mass is 32.3. The summed E-state index contributed by atoms with van der Waals surface area (Å²) in [4.78, 5) is 12.0. The maximum Gasteiger partial charge on any atom is 0.446 e. The predicted molar refractivity (Wildman–Crippen MR) is 83.6 cm³/mol. The molecule has 6 heteroatoms. The normalized spacial score (nSPS) is 29.3. The van der Waals surface area contributed by atoms with Crippen LogP contribution in [0.2, 0.25) is 0 Å². The van der Waals surface area contributed by atoms with Crippen LogP contribution in [-0.2, 0) is 21.6 Å². The van der Waals surface area contributed by atoms with Gasteiger partial charge in [0.15, 0.2) is 0 Å². The first-order chi connectivity index (χ1) is 10.9. The van der Waals surface area contributed by atoms with Gasteiger partial charge in [-0.2, -0.15) is 8.42 Å². The Kier molecular flexibility index (Phi) is 3.35. The second-order valence-electron chi connectivity index (χ2n) is 6.63. The fourth-order valence-corrected chi connectivity index (χ4v) is 4.92. The average Bonchev–Trinajstić information content (AvgIpc) is 2.86. The Balaban J connectivity index is 1.66. The van der Waals surface area contributed by atoms with Crippen molar-refractivity contribution >= 4 is 16.2 Å². The van der Waals surface area contributed by atoms with Gasteiger partial charge in [-0.15, -0.1) is 0 Å². The summed E-state index contributed by atoms with van der Waals surface area (Å²) in [6.07, 6.45) is 6.48. The quantitative estimate of drug-likeness (QED) is 0.664. The third kappa shape index (κ3) is 2.60. The molecule has 3 aliphatic rings. The molecule has 0 aliphatic heterocycles. The number of hydrogen-bond acceptors (Lipinski definition) is 4. The molecule has 0 amide bonds. The lowest BCUT2D eigenvalue weighted by Crippen LogP contribution is -2.28. The Labute approximate surface area is 135 Å². The molecule has 3 atom stereocenters. The molecule has 2 saturated carbocycles. The molecular weight excluding hydrogens is 316 g/mol. The number of hydrogen-bond donors (Lipinski definition) is 1. The van der Waals surface area contributed by atoms with E-state index in [4.69, 9.17) is 4.55 Å². The van der Waals surface area contributed by atoms with Crippen LogP contribution in [0.4, 0.5) is 0 Å². The summed E-state index contributed by atoms with van der Waals surface area (Å²) in [5.74, 6) is 1.47. The van der Waals surface area contributed by atoms with E-state index in [0.717, 1.165) is 24.8 Å². The fourth-order valence-electron chi connectivity index (χ4n) is 4.57. The molecule has 0 radical (unpaired) electrons. The highest BCUT2D eigenvalue weighted by Crippen LogP contribution is 2.52. The molecule has 1 aromatic carbocycles. The summed E-state index contributed by atoms with van der Waals surface area (Å²) in [5.41, 5.74) is 3.62. The van der Waals surface area contributed by atoms with Gasteiger partial charge in [0.1, 0.15) is 11.5 Å². The van der Waals surface area contributed by atoms with E-state index in [1.165, 1.54) is 11.1 Å². The van der Waals surface area contributed by atoms with Gasteiger partial charge >= 0.3 is 10.4 Å². The second-order valence-corrected chi connectivity index (χ2v) is 7.65. The molecular formula is C17H18O5S. The van der Waals surface area contributed by atoms with Crippen LogP contribution in [0.3, 0.4) is 0 Å². The number of carbonyl (C=O) groups excluding carboxylic acids is 1. The van der Waals surface area contributed by atoms with Gasteiger partial charge in [0.05, 0.1) is 0 Å². The molecule has 23 heavy (non-hydrogen) atoms. The second kappa shape index (κ2) is 5.18. The SMILES string of the molecule is O=C1CCC2C3=CCc4cc(OS(=O)(=O)O)ccc4C3CCC12. The number of Topliss-reactive ketones (excluding diaryl/α,β-unsaturated/α-hetero) is 1. The Hall–Kier alpha value is -1.66. The van der Waals surface area contributed by atoms with Gasteiger partial charge in [-0.05, 0) is 54.9 Å². The Morgan fingerprint density at radius 3 is 2.74 bits per heavy atom. The molecule has 122 valence electrons. The van der Waals surface area contributed by atoms with Crippen LogP contribution < -0.4 is 4.18 Å². The van der Waals surface area contributed by atoms with E-state index < -0.39 is 10.4 Å². The summed E-state index contributed by atoms with van der Waals surface area (Å²) in [6, 6.07) is 5.16. The third-order valence-electron chi connectivity index (χ3n) is 5.45. The van der Waals surface area contributed by atoms with Crippen LogP contribution in [0.1, 0.15) is 42.7 Å². The molecule has 3 aliphatic carbocycles. The van der Waals surface area contributed by atoms with Gasteiger partial charge in [-0.25, -0.2) is 0 Å². The summed E-state index contributed by atoms with van der Waals surface area (Å²) in [5, 5.41) is 0. The smallest absolute Gasteiger partial charge is 0.362 e. The molecule has 1 aromatic rings. The topological polar surface area (TPSA) is 80.7 Å². The lowest BCUT2D eigenvalue weighted by atomic mass is 9.66. The van der Waals surface area contributed by atoms with Gasteiger partial charge < -0.3 is 4.18 Å². The third-order valence-corrected chi connectivity index (χ3v) is 5.85. The minimum absolute atomic E-state index is 0.132. The van der Waals surface area contributed by atoms with Crippen molar-refractivity contribution in [3.05, 3.63) is 41.0 Å². The van der Waals surface area contributed by atoms with Crippen LogP contribution in [-0.4, -0.2) is 18.8 Å². The van der Waals surface area contributed by atoms with Crippen LogP contribution in [0.25, 0.3) is 0 Å². The number of fused-ring (bicyclic) bond motifs is 5. The van der Waals surface area contributed by atoms with Crippen molar-refractivity contribution in [1.82, 2.24) is 0 Å². The van der Waals surface area contributed by atoms with Crippen LogP contribution in [0.5, 0.6) is 5.75 Å². The zero-order valence-electron chi connectivity index (χ0n) is 12.6. The molecule has 0 saturated heterocycles. The van der Waals surface area contributed by atoms with Crippen molar-refractivity contribution in [2.24, 2.45) is 11.8 Å². The number of ketones is 1. The Morgan fingerprint density at radius 2 is 1.96 bits per heavy atom. The largest absolute Gasteiger partial charge is 0.446 e. The zero-order chi connectivity index (χ0) is 16.2. The summed E-state index contributed by atoms with van der Waals surface area (Å²) >= 11 is 0. The molecule has 1 N–H and O–H groups in total. The number of allylic oxidation sites excluding steroid dienone is 2. The van der Waals surface area contributed by atoms with E-state index in [2.05, 4.69) is 10.3 Å². The minimum Gasteiger partial charge on any atom is -0.362 e. The standard InChI is InChI=1S/C17H18O5S/c18-17-8-7-15-14-3-1-10-9-11(22-23(19,20)21)2-4-12(10)13(14)5-6-16(15)17/h2-4,9,13,15-16H,1,5-8H2,(H,19,20,21). The molecule has 4 rings (SSSR count). The molecule has 3 unspecified atom stereocenters. The number of carbonyl (C=O) groups is 1. The van der Waals surface area contributed by atoms with Crippen LogP contribution >= 0.6 is 0 Å². The zero-order valence-corrected chi connectivity index (χ0v) is 13.4. The highest BCUT2D eigenvalue weighted by molar-refractivity contribution is 7.81. The van der Waals surface area contributed by atoms with Crippen LogP contribution in [0, 0.1) is 11.8 Å². The Bertz CT molecular complexity index is 808. The molecule has 2 fully saturated rings. The maximum absolute atomic E-state index is 12.0. The van der Waals surface area contributed by atoms with Crippen molar-refractivity contribution in [3.63, 3.8) is 0 Å². The molecule has 0 heterocycles. The van der Waals surface area contributed by atoms with Crippen molar-refractivity contribution in [1.29, 1.82) is 0 Å². The molecule has 0 spiro atoms. The highest BCUT2D eigenvalue weighted by Gasteiger charge is 2.43. The summed E-state index contributed by atoms with van der Waals surface area (Å²) in [6.45, 7) is 0. The van der Waals surface area contributed by atoms with Gasteiger partial charge in [0, 0.05) is 18.3 Å². The van der Waals surface area contributed by atoms with E-state index in [1.807, 2.05) is 6.07 Å². The van der Waals surface area contributed by atoms with Crippen molar-refractivity contribution in [2.75, 3.05) is 0 Å². The Morgan fingerprint density at radius 1 is 1.13 bits per heavy atom. The lowest BCUT2D eigenvalue weighted by Gasteiger charge is -2.38. The molecule has 0 bridgehead atoms. The van der Waals surface area contributed by atoms with E-state index >= 15 is 0 Å². The van der Waals surface area contributed by atoms with Crippen molar-refractivity contribution in [2.45, 2.75) is 38.0 Å². The first kappa shape index (κ1) is 14.9. The first-order valence-corrected chi connectivity index (χ1v) is 9.31. The number of benzene rings is 1. The van der Waals surface area contributed by atoms with Crippen molar-refractivity contribution < 1.29 is 21.9 Å². The van der Waals surface area contributed by atoms with Crippen molar-refractivity contribution in [3.8, 4) is 5.75 Å². The van der Waals surface area contributed by atoms with Gasteiger partial charge in [-0.1, -0.05) is 17.7 Å². The fraction of sp³-hybridized carbons (Fsp3) is 0.471. The van der Waals surface area contributed by atoms with Gasteiger partial charge in [0.2, 0.25) is 0 Å². The first-order valence-electron chi connectivity index (χ1n) is 7.95. The number of rotatable bonds is 2. The lowest BCUT2D eigenvalue weighted by molar-refractivity contribution is -0.121. The van der Waals surface area contributed by atoms with Crippen LogP contribution in [0.15, 0.2) is 29.8 Å². The summed E-state index contributed by atoms with van der Waals surface area (Å²) in [7, 11) is -4.50. The average molecular weight is 334 g/mol. The van der Waals surface area contributed by atoms with E-state index in [1.54, 1.807) is 12.1 Å². The van der Waals surface area contributed by atoms with Gasteiger partial charge in [-0.3, -0.25) is 9.35 Å². The molecule has 5 nitrogen and oxygen atoms in total. The van der Waals surface area contributed by atoms with E-state index in [0.29, 0.717) is 30.5 Å². The predicted octanol–water partition coefficient (Wildman–Crippen LogP) is 2.82. The van der Waals surface area contributed by atoms with E-state index in [9.17, 15) is 13.2 Å². The van der Waals surface area contributed by atoms with E-state index in [-0.39, 0.29) is 11.7 Å². The summed E-state index contributed by atoms with van der Waals surface area (Å²) < 4.78 is 35.0. The maximum atomic E-state index is 12.0.